The van der Waals surface area contributed by atoms with Crippen molar-refractivity contribution in [3.05, 3.63) is 29.6 Å². The number of alkyl halides is 3. The summed E-state index contributed by atoms with van der Waals surface area (Å²) in [5.74, 6) is -1.97. The summed E-state index contributed by atoms with van der Waals surface area (Å²) in [7, 11) is 0. The molecule has 1 unspecified atom stereocenters. The lowest BCUT2D eigenvalue weighted by atomic mass is 9.90. The Balaban J connectivity index is 2.29. The Morgan fingerprint density at radius 1 is 1.43 bits per heavy atom. The number of nitrogens with zero attached hydrogens (tertiary/aromatic N) is 2. The summed E-state index contributed by atoms with van der Waals surface area (Å²) in [6.45, 7) is 1.43. The van der Waals surface area contributed by atoms with E-state index in [0.717, 1.165) is 23.2 Å². The molecule has 0 radical (unpaired) electrons. The van der Waals surface area contributed by atoms with Crippen LogP contribution in [-0.4, -0.2) is 40.0 Å². The highest BCUT2D eigenvalue weighted by Crippen LogP contribution is 2.34. The Bertz CT molecular complexity index is 588. The highest BCUT2D eigenvalue weighted by molar-refractivity contribution is 5.94. The van der Waals surface area contributed by atoms with E-state index in [0.29, 0.717) is 0 Å². The van der Waals surface area contributed by atoms with Crippen molar-refractivity contribution in [1.29, 1.82) is 0 Å². The first kappa shape index (κ1) is 15.3. The monoisotopic (exact) mass is 302 g/mol. The van der Waals surface area contributed by atoms with Gasteiger partial charge in [0.15, 0.2) is 0 Å². The Labute approximate surface area is 118 Å². The minimum atomic E-state index is -4.69. The van der Waals surface area contributed by atoms with Gasteiger partial charge in [-0.3, -0.25) is 14.6 Å². The van der Waals surface area contributed by atoms with E-state index >= 15 is 0 Å². The zero-order chi connectivity index (χ0) is 15.8. The van der Waals surface area contributed by atoms with Gasteiger partial charge in [-0.05, 0) is 25.5 Å². The molecule has 1 N–H and O–H groups in total. The predicted octanol–water partition coefficient (Wildman–Crippen LogP) is 2.04. The van der Waals surface area contributed by atoms with Gasteiger partial charge in [-0.1, -0.05) is 0 Å². The van der Waals surface area contributed by atoms with Gasteiger partial charge in [0.05, 0.1) is 11.0 Å². The van der Waals surface area contributed by atoms with Gasteiger partial charge in [0.2, 0.25) is 0 Å². The van der Waals surface area contributed by atoms with Crippen LogP contribution < -0.4 is 0 Å². The molecule has 1 amide bonds. The van der Waals surface area contributed by atoms with Gasteiger partial charge in [-0.2, -0.15) is 13.2 Å². The third kappa shape index (κ3) is 2.84. The van der Waals surface area contributed by atoms with Crippen LogP contribution in [0.1, 0.15) is 29.4 Å². The molecule has 1 aromatic heterocycles. The van der Waals surface area contributed by atoms with Gasteiger partial charge in [-0.25, -0.2) is 0 Å². The van der Waals surface area contributed by atoms with Gasteiger partial charge in [-0.15, -0.1) is 0 Å². The molecule has 8 heteroatoms. The summed E-state index contributed by atoms with van der Waals surface area (Å²) < 4.78 is 38.6. The molecule has 1 aliphatic rings. The first-order chi connectivity index (χ1) is 9.65. The highest BCUT2D eigenvalue weighted by Gasteiger charge is 2.44. The van der Waals surface area contributed by atoms with Gasteiger partial charge >= 0.3 is 12.1 Å². The molecule has 1 saturated heterocycles. The summed E-state index contributed by atoms with van der Waals surface area (Å²) in [5.41, 5.74) is -2.94. The number of carboxylic acids is 1. The van der Waals surface area contributed by atoms with Crippen molar-refractivity contribution in [2.75, 3.05) is 13.1 Å². The van der Waals surface area contributed by atoms with E-state index in [4.69, 9.17) is 5.11 Å². The Kier molecular flexibility index (Phi) is 3.65. The fourth-order valence-corrected chi connectivity index (χ4v) is 2.26. The van der Waals surface area contributed by atoms with Crippen molar-refractivity contribution >= 4 is 11.9 Å². The number of carbonyl (C=O) groups is 2. The van der Waals surface area contributed by atoms with Crippen LogP contribution in [0.3, 0.4) is 0 Å². The number of hydrogen-bond donors (Lipinski definition) is 1. The molecule has 2 heterocycles. The molecule has 1 aromatic rings. The van der Waals surface area contributed by atoms with Gasteiger partial charge in [0.25, 0.3) is 5.91 Å². The SMILES string of the molecule is CC1(C(=O)O)CCN(C(=O)c2ncccc2C(F)(F)F)C1. The molecule has 21 heavy (non-hydrogen) atoms. The molecule has 1 atom stereocenters. The zero-order valence-electron chi connectivity index (χ0n) is 11.1. The summed E-state index contributed by atoms with van der Waals surface area (Å²) in [6.07, 6.45) is -3.38. The fraction of sp³-hybridized carbons (Fsp3) is 0.462. The number of rotatable bonds is 2. The molecule has 1 aliphatic heterocycles. The third-order valence-electron chi connectivity index (χ3n) is 3.59. The van der Waals surface area contributed by atoms with Crippen LogP contribution in [0, 0.1) is 5.41 Å². The average molecular weight is 302 g/mol. The number of aliphatic carboxylic acids is 1. The van der Waals surface area contributed by atoms with E-state index < -0.39 is 34.7 Å². The van der Waals surface area contributed by atoms with Crippen LogP contribution in [0.15, 0.2) is 18.3 Å². The second-order valence-corrected chi connectivity index (χ2v) is 5.24. The summed E-state index contributed by atoms with van der Waals surface area (Å²) in [5, 5.41) is 9.09. The maximum Gasteiger partial charge on any atom is 0.418 e. The minimum Gasteiger partial charge on any atom is -0.481 e. The van der Waals surface area contributed by atoms with E-state index in [1.807, 2.05) is 0 Å². The van der Waals surface area contributed by atoms with Crippen molar-refractivity contribution in [3.63, 3.8) is 0 Å². The molecule has 0 bridgehead atoms. The van der Waals surface area contributed by atoms with Gasteiger partial charge in [0, 0.05) is 19.3 Å². The van der Waals surface area contributed by atoms with Crippen LogP contribution in [0.4, 0.5) is 13.2 Å². The van der Waals surface area contributed by atoms with E-state index in [1.165, 1.54) is 6.92 Å². The first-order valence-corrected chi connectivity index (χ1v) is 6.20. The number of amides is 1. The second-order valence-electron chi connectivity index (χ2n) is 5.24. The van der Waals surface area contributed by atoms with E-state index in [1.54, 1.807) is 0 Å². The van der Waals surface area contributed by atoms with E-state index in [-0.39, 0.29) is 19.5 Å². The normalized spacial score (nSPS) is 22.4. The Morgan fingerprint density at radius 3 is 2.62 bits per heavy atom. The topological polar surface area (TPSA) is 70.5 Å². The largest absolute Gasteiger partial charge is 0.481 e. The third-order valence-corrected chi connectivity index (χ3v) is 3.59. The standard InChI is InChI=1S/C13H13F3N2O3/c1-12(11(20)21)4-6-18(7-12)10(19)9-8(13(14,15)16)3-2-5-17-9/h2-3,5H,4,6-7H2,1H3,(H,20,21). The van der Waals surface area contributed by atoms with Crippen LogP contribution in [0.5, 0.6) is 0 Å². The number of pyridine rings is 1. The van der Waals surface area contributed by atoms with Crippen LogP contribution >= 0.6 is 0 Å². The predicted molar refractivity (Wildman–Crippen MR) is 65.5 cm³/mol. The molecule has 1 fully saturated rings. The minimum absolute atomic E-state index is 0.0928. The van der Waals surface area contributed by atoms with E-state index in [9.17, 15) is 22.8 Å². The number of halogens is 3. The van der Waals surface area contributed by atoms with Crippen LogP contribution in [0.25, 0.3) is 0 Å². The van der Waals surface area contributed by atoms with Gasteiger partial charge in [0.1, 0.15) is 5.69 Å². The lowest BCUT2D eigenvalue weighted by Crippen LogP contribution is -2.36. The maximum atomic E-state index is 12.9. The molecular formula is C13H13F3N2O3. The fourth-order valence-electron chi connectivity index (χ4n) is 2.26. The van der Waals surface area contributed by atoms with Crippen LogP contribution in [0.2, 0.25) is 0 Å². The summed E-state index contributed by atoms with van der Waals surface area (Å²) in [6, 6.07) is 1.89. The zero-order valence-corrected chi connectivity index (χ0v) is 11.1. The molecular weight excluding hydrogens is 289 g/mol. The van der Waals surface area contributed by atoms with Crippen molar-refractivity contribution in [3.8, 4) is 0 Å². The maximum absolute atomic E-state index is 12.9. The number of hydrogen-bond acceptors (Lipinski definition) is 3. The number of likely N-dealkylation sites (tertiary alicyclic amines) is 1. The molecule has 0 aromatic carbocycles. The molecule has 0 aliphatic carbocycles. The Morgan fingerprint density at radius 2 is 2.10 bits per heavy atom. The van der Waals surface area contributed by atoms with Gasteiger partial charge < -0.3 is 10.0 Å². The average Bonchev–Trinajstić information content (AvgIpc) is 2.81. The number of carbonyl (C=O) groups excluding carboxylic acids is 1. The molecule has 0 spiro atoms. The quantitative estimate of drug-likeness (QED) is 0.907. The first-order valence-electron chi connectivity index (χ1n) is 6.20. The van der Waals surface area contributed by atoms with Crippen molar-refractivity contribution < 1.29 is 27.9 Å². The molecule has 114 valence electrons. The van der Waals surface area contributed by atoms with E-state index in [2.05, 4.69) is 4.98 Å². The van der Waals surface area contributed by atoms with Crippen molar-refractivity contribution in [2.24, 2.45) is 5.41 Å². The van der Waals surface area contributed by atoms with Crippen molar-refractivity contribution in [2.45, 2.75) is 19.5 Å². The summed E-state index contributed by atoms with van der Waals surface area (Å²) >= 11 is 0. The lowest BCUT2D eigenvalue weighted by molar-refractivity contribution is -0.147. The van der Waals surface area contributed by atoms with Crippen LogP contribution in [-0.2, 0) is 11.0 Å². The smallest absolute Gasteiger partial charge is 0.418 e. The highest BCUT2D eigenvalue weighted by atomic mass is 19.4. The van der Waals surface area contributed by atoms with Crippen molar-refractivity contribution in [1.82, 2.24) is 9.88 Å². The number of aromatic nitrogens is 1. The number of carboxylic acid groups (broad SMARTS) is 1. The molecule has 2 rings (SSSR count). The Hall–Kier alpha value is -2.12. The second kappa shape index (κ2) is 5.01. The molecule has 0 saturated carbocycles. The molecule has 5 nitrogen and oxygen atoms in total. The lowest BCUT2D eigenvalue weighted by Gasteiger charge is -2.21. The summed E-state index contributed by atoms with van der Waals surface area (Å²) in [4.78, 5) is 27.9.